The van der Waals surface area contributed by atoms with Gasteiger partial charge in [-0.3, -0.25) is 0 Å². The molecule has 1 N–H and O–H groups in total. The van der Waals surface area contributed by atoms with E-state index >= 15 is 0 Å². The molecule has 4 nitrogen and oxygen atoms in total. The van der Waals surface area contributed by atoms with Crippen LogP contribution >= 0.6 is 0 Å². The summed E-state index contributed by atoms with van der Waals surface area (Å²) in [6.07, 6.45) is 2.90. The van der Waals surface area contributed by atoms with Gasteiger partial charge in [0.05, 0.1) is 5.69 Å². The van der Waals surface area contributed by atoms with Crippen LogP contribution in [0.5, 0.6) is 0 Å². The van der Waals surface area contributed by atoms with E-state index in [0.717, 1.165) is 43.1 Å². The van der Waals surface area contributed by atoms with Gasteiger partial charge in [-0.1, -0.05) is 32.9 Å². The van der Waals surface area contributed by atoms with E-state index in [4.69, 9.17) is 0 Å². The van der Waals surface area contributed by atoms with E-state index in [1.165, 1.54) is 5.56 Å². The minimum Gasteiger partial charge on any atom is -0.310 e. The molecule has 21 heavy (non-hydrogen) atoms. The summed E-state index contributed by atoms with van der Waals surface area (Å²) in [5.41, 5.74) is 2.39. The lowest BCUT2D eigenvalue weighted by Gasteiger charge is -2.15. The molecule has 1 unspecified atom stereocenters. The first-order valence-corrected chi connectivity index (χ1v) is 7.98. The van der Waals surface area contributed by atoms with Gasteiger partial charge >= 0.3 is 0 Å². The summed E-state index contributed by atoms with van der Waals surface area (Å²) in [5.74, 6) is 1.94. The zero-order valence-electron chi connectivity index (χ0n) is 13.6. The molecule has 1 aromatic carbocycles. The molecule has 0 radical (unpaired) electrons. The maximum absolute atomic E-state index is 4.62. The number of nitrogens with zero attached hydrogens (tertiary/aromatic N) is 3. The van der Waals surface area contributed by atoms with Gasteiger partial charge in [0.15, 0.2) is 5.82 Å². The molecular formula is C17H26N4. The molecule has 0 spiro atoms. The fourth-order valence-electron chi connectivity index (χ4n) is 2.38. The number of hydrogen-bond donors (Lipinski definition) is 1. The van der Waals surface area contributed by atoms with Crippen LogP contribution in [0.1, 0.15) is 57.4 Å². The van der Waals surface area contributed by atoms with E-state index in [1.54, 1.807) is 0 Å². The predicted octanol–water partition coefficient (Wildman–Crippen LogP) is 3.45. The minimum absolute atomic E-state index is 0.351. The summed E-state index contributed by atoms with van der Waals surface area (Å²) in [6.45, 7) is 9.64. The second-order valence-corrected chi connectivity index (χ2v) is 5.33. The molecule has 0 aliphatic rings. The molecule has 0 saturated heterocycles. The minimum atomic E-state index is 0.351. The Hall–Kier alpha value is -1.68. The van der Waals surface area contributed by atoms with Crippen LogP contribution in [0.3, 0.4) is 0 Å². The van der Waals surface area contributed by atoms with Crippen molar-refractivity contribution >= 4 is 0 Å². The number of benzene rings is 1. The quantitative estimate of drug-likeness (QED) is 0.847. The van der Waals surface area contributed by atoms with Crippen molar-refractivity contribution in [1.29, 1.82) is 0 Å². The molecular weight excluding hydrogens is 260 g/mol. The van der Waals surface area contributed by atoms with Crippen LogP contribution in [-0.2, 0) is 12.8 Å². The van der Waals surface area contributed by atoms with E-state index in [2.05, 4.69) is 67.4 Å². The largest absolute Gasteiger partial charge is 0.310 e. The Balaban J connectivity index is 2.30. The van der Waals surface area contributed by atoms with Gasteiger partial charge < -0.3 is 5.32 Å². The van der Waals surface area contributed by atoms with Gasteiger partial charge in [0.25, 0.3) is 0 Å². The first kappa shape index (κ1) is 15.7. The molecule has 2 rings (SSSR count). The lowest BCUT2D eigenvalue weighted by molar-refractivity contribution is 0.570. The number of rotatable bonds is 7. The molecule has 4 heteroatoms. The second kappa shape index (κ2) is 7.36. The maximum Gasteiger partial charge on any atom is 0.151 e. The first-order chi connectivity index (χ1) is 10.2. The summed E-state index contributed by atoms with van der Waals surface area (Å²) >= 11 is 0. The zero-order chi connectivity index (χ0) is 15.2. The second-order valence-electron chi connectivity index (χ2n) is 5.33. The molecule has 1 atom stereocenters. The molecule has 1 aromatic heterocycles. The molecule has 0 aliphatic heterocycles. The Labute approximate surface area is 127 Å². The van der Waals surface area contributed by atoms with Crippen LogP contribution in [0.2, 0.25) is 0 Å². The van der Waals surface area contributed by atoms with Crippen LogP contribution in [-0.4, -0.2) is 21.3 Å². The Kier molecular flexibility index (Phi) is 5.51. The molecule has 114 valence electrons. The monoisotopic (exact) mass is 286 g/mol. The number of hydrogen-bond acceptors (Lipinski definition) is 3. The molecule has 1 heterocycles. The fraction of sp³-hybridized carbons (Fsp3) is 0.529. The molecule has 0 saturated carbocycles. The normalized spacial score (nSPS) is 12.6. The predicted molar refractivity (Wildman–Crippen MR) is 86.8 cm³/mol. The third-order valence-electron chi connectivity index (χ3n) is 3.67. The topological polar surface area (TPSA) is 42.7 Å². The zero-order valence-corrected chi connectivity index (χ0v) is 13.6. The Morgan fingerprint density at radius 3 is 2.67 bits per heavy atom. The van der Waals surface area contributed by atoms with Crippen LogP contribution < -0.4 is 5.32 Å². The summed E-state index contributed by atoms with van der Waals surface area (Å²) in [7, 11) is 0. The lowest BCUT2D eigenvalue weighted by Crippen LogP contribution is -2.19. The van der Waals surface area contributed by atoms with E-state index in [9.17, 15) is 0 Å². The fourth-order valence-corrected chi connectivity index (χ4v) is 2.38. The van der Waals surface area contributed by atoms with Crippen LogP contribution in [0.25, 0.3) is 5.69 Å². The summed E-state index contributed by atoms with van der Waals surface area (Å²) in [5, 5.41) is 8.14. The summed E-state index contributed by atoms with van der Waals surface area (Å²) in [6, 6.07) is 8.93. The SMILES string of the molecule is CCCNC(C)c1cccc(-n2nc(CC)nc2CC)c1. The van der Waals surface area contributed by atoms with Gasteiger partial charge in [-0.05, 0) is 37.6 Å². The number of nitrogens with one attached hydrogen (secondary N) is 1. The van der Waals surface area contributed by atoms with Crippen molar-refractivity contribution in [3.63, 3.8) is 0 Å². The highest BCUT2D eigenvalue weighted by atomic mass is 15.3. The van der Waals surface area contributed by atoms with E-state index in [1.807, 2.05) is 4.68 Å². The van der Waals surface area contributed by atoms with Gasteiger partial charge in [-0.2, -0.15) is 5.10 Å². The highest BCUT2D eigenvalue weighted by Gasteiger charge is 2.11. The molecule has 0 fully saturated rings. The average molecular weight is 286 g/mol. The van der Waals surface area contributed by atoms with Gasteiger partial charge in [-0.25, -0.2) is 9.67 Å². The molecule has 0 aliphatic carbocycles. The van der Waals surface area contributed by atoms with Crippen molar-refractivity contribution in [2.45, 2.75) is 53.0 Å². The first-order valence-electron chi connectivity index (χ1n) is 7.98. The third kappa shape index (κ3) is 3.70. The maximum atomic E-state index is 4.62. The van der Waals surface area contributed by atoms with Crippen molar-refractivity contribution in [3.8, 4) is 5.69 Å². The van der Waals surface area contributed by atoms with E-state index in [-0.39, 0.29) is 0 Å². The Morgan fingerprint density at radius 2 is 2.00 bits per heavy atom. The summed E-state index contributed by atoms with van der Waals surface area (Å²) < 4.78 is 1.98. The molecule has 0 amide bonds. The van der Waals surface area contributed by atoms with Gasteiger partial charge in [-0.15, -0.1) is 0 Å². The lowest BCUT2D eigenvalue weighted by atomic mass is 10.1. The molecule has 2 aromatic rings. The highest BCUT2D eigenvalue weighted by Crippen LogP contribution is 2.18. The number of aromatic nitrogens is 3. The highest BCUT2D eigenvalue weighted by molar-refractivity contribution is 5.37. The Bertz CT molecular complexity index is 574. The van der Waals surface area contributed by atoms with Gasteiger partial charge in [0, 0.05) is 18.9 Å². The van der Waals surface area contributed by atoms with Crippen molar-refractivity contribution < 1.29 is 0 Å². The van der Waals surface area contributed by atoms with Gasteiger partial charge in [0.2, 0.25) is 0 Å². The third-order valence-corrected chi connectivity index (χ3v) is 3.67. The summed E-state index contributed by atoms with van der Waals surface area (Å²) in [4.78, 5) is 4.58. The standard InChI is InChI=1S/C17H26N4/c1-5-11-18-13(4)14-9-8-10-15(12-14)21-17(7-3)19-16(6-2)20-21/h8-10,12-13,18H,5-7,11H2,1-4H3. The van der Waals surface area contributed by atoms with Crippen molar-refractivity contribution in [2.24, 2.45) is 0 Å². The van der Waals surface area contributed by atoms with Crippen molar-refractivity contribution in [3.05, 3.63) is 41.5 Å². The van der Waals surface area contributed by atoms with E-state index < -0.39 is 0 Å². The van der Waals surface area contributed by atoms with Crippen molar-refractivity contribution in [2.75, 3.05) is 6.54 Å². The smallest absolute Gasteiger partial charge is 0.151 e. The van der Waals surface area contributed by atoms with E-state index in [0.29, 0.717) is 6.04 Å². The Morgan fingerprint density at radius 1 is 1.19 bits per heavy atom. The average Bonchev–Trinajstić information content (AvgIpc) is 2.96. The van der Waals surface area contributed by atoms with Gasteiger partial charge in [0.1, 0.15) is 5.82 Å². The van der Waals surface area contributed by atoms with Crippen LogP contribution in [0.15, 0.2) is 24.3 Å². The van der Waals surface area contributed by atoms with Crippen LogP contribution in [0, 0.1) is 0 Å². The molecule has 0 bridgehead atoms. The van der Waals surface area contributed by atoms with Crippen LogP contribution in [0.4, 0.5) is 0 Å². The number of aryl methyl sites for hydroxylation is 2. The van der Waals surface area contributed by atoms with Crippen molar-refractivity contribution in [1.82, 2.24) is 20.1 Å².